The van der Waals surface area contributed by atoms with Crippen molar-refractivity contribution in [3.63, 3.8) is 0 Å². The third kappa shape index (κ3) is 3.92. The van der Waals surface area contributed by atoms with E-state index >= 15 is 0 Å². The van der Waals surface area contributed by atoms with Gasteiger partial charge in [0.15, 0.2) is 5.82 Å². The third-order valence-corrected chi connectivity index (χ3v) is 6.30. The second kappa shape index (κ2) is 8.47. The van der Waals surface area contributed by atoms with E-state index in [9.17, 15) is 4.79 Å². The molecule has 0 spiro atoms. The van der Waals surface area contributed by atoms with E-state index in [4.69, 9.17) is 14.7 Å². The van der Waals surface area contributed by atoms with Crippen LogP contribution in [0.25, 0.3) is 22.2 Å². The first-order chi connectivity index (χ1) is 14.8. The van der Waals surface area contributed by atoms with Crippen LogP contribution in [0.2, 0.25) is 0 Å². The Labute approximate surface area is 178 Å². The topological polar surface area (TPSA) is 61.4 Å². The Bertz CT molecular complexity index is 1210. The average molecular weight is 420 g/mol. The van der Waals surface area contributed by atoms with Crippen molar-refractivity contribution < 1.29 is 9.64 Å². The zero-order chi connectivity index (χ0) is 20.3. The Balaban J connectivity index is 1.52. The smallest absolute Gasteiger partial charge is 0.261 e. The number of ether oxygens (including phenoxy) is 1. The molecule has 1 N–H and O–H groups in total. The van der Waals surface area contributed by atoms with Gasteiger partial charge in [-0.15, -0.1) is 11.3 Å². The number of hydrogen-bond acceptors (Lipinski definition) is 5. The number of quaternary nitrogens is 1. The van der Waals surface area contributed by atoms with E-state index < -0.39 is 0 Å². The Morgan fingerprint density at radius 3 is 2.60 bits per heavy atom. The molecular weight excluding hydrogens is 396 g/mol. The summed E-state index contributed by atoms with van der Waals surface area (Å²) in [5.74, 6) is 0.812. The number of nitrogens with zero attached hydrogens (tertiary/aromatic N) is 3. The van der Waals surface area contributed by atoms with Gasteiger partial charge in [-0.2, -0.15) is 0 Å². The lowest BCUT2D eigenvalue weighted by Gasteiger charge is -2.24. The zero-order valence-corrected chi connectivity index (χ0v) is 17.4. The standard InChI is InChI=1S/C23H22N4O2S/c28-23-18-8-4-5-9-19(18)24-21(14-26-10-12-29-13-11-26)27(23)15-22-25-20(16-30-22)17-6-2-1-3-7-17/h1-9,16H,10-15H2/p+1. The summed E-state index contributed by atoms with van der Waals surface area (Å²) in [5.41, 5.74) is 2.78. The molecule has 0 atom stereocenters. The highest BCUT2D eigenvalue weighted by atomic mass is 32.1. The van der Waals surface area contributed by atoms with Gasteiger partial charge in [-0.1, -0.05) is 42.5 Å². The number of para-hydroxylation sites is 1. The zero-order valence-electron chi connectivity index (χ0n) is 16.6. The Kier molecular flexibility index (Phi) is 5.40. The van der Waals surface area contributed by atoms with Crippen molar-refractivity contribution in [2.45, 2.75) is 13.1 Å². The van der Waals surface area contributed by atoms with Crippen molar-refractivity contribution in [2.24, 2.45) is 0 Å². The molecule has 152 valence electrons. The summed E-state index contributed by atoms with van der Waals surface area (Å²) < 4.78 is 7.29. The van der Waals surface area contributed by atoms with Crippen LogP contribution < -0.4 is 10.5 Å². The van der Waals surface area contributed by atoms with Crippen LogP contribution >= 0.6 is 11.3 Å². The number of hydrogen-bond donors (Lipinski definition) is 1. The minimum Gasteiger partial charge on any atom is -0.370 e. The highest BCUT2D eigenvalue weighted by Crippen LogP contribution is 2.22. The fourth-order valence-electron chi connectivity index (χ4n) is 3.83. The van der Waals surface area contributed by atoms with Crippen LogP contribution in [0.4, 0.5) is 0 Å². The quantitative estimate of drug-likeness (QED) is 0.537. The van der Waals surface area contributed by atoms with Crippen LogP contribution in [0, 0.1) is 0 Å². The lowest BCUT2D eigenvalue weighted by molar-refractivity contribution is -0.922. The van der Waals surface area contributed by atoms with Crippen molar-refractivity contribution in [1.82, 2.24) is 14.5 Å². The Morgan fingerprint density at radius 2 is 1.77 bits per heavy atom. The number of benzene rings is 2. The predicted molar refractivity (Wildman–Crippen MR) is 118 cm³/mol. The van der Waals surface area contributed by atoms with Crippen molar-refractivity contribution in [1.29, 1.82) is 0 Å². The molecule has 0 saturated carbocycles. The van der Waals surface area contributed by atoms with Gasteiger partial charge in [-0.05, 0) is 12.1 Å². The maximum absolute atomic E-state index is 13.3. The van der Waals surface area contributed by atoms with E-state index in [1.54, 1.807) is 15.9 Å². The van der Waals surface area contributed by atoms with Crippen molar-refractivity contribution in [3.8, 4) is 11.3 Å². The van der Waals surface area contributed by atoms with E-state index in [1.807, 2.05) is 42.5 Å². The maximum atomic E-state index is 13.3. The first-order valence-electron chi connectivity index (χ1n) is 10.2. The summed E-state index contributed by atoms with van der Waals surface area (Å²) in [6.45, 7) is 4.50. The van der Waals surface area contributed by atoms with Crippen LogP contribution in [0.1, 0.15) is 10.8 Å². The van der Waals surface area contributed by atoms with Gasteiger partial charge in [0.05, 0.1) is 36.4 Å². The van der Waals surface area contributed by atoms with E-state index in [2.05, 4.69) is 17.5 Å². The molecule has 0 aliphatic carbocycles. The molecule has 6 nitrogen and oxygen atoms in total. The predicted octanol–water partition coefficient (Wildman–Crippen LogP) is 1.98. The van der Waals surface area contributed by atoms with E-state index in [0.717, 1.165) is 53.9 Å². The number of rotatable bonds is 5. The number of fused-ring (bicyclic) bond motifs is 1. The third-order valence-electron chi connectivity index (χ3n) is 5.46. The fourth-order valence-corrected chi connectivity index (χ4v) is 4.62. The van der Waals surface area contributed by atoms with Gasteiger partial charge in [0, 0.05) is 10.9 Å². The summed E-state index contributed by atoms with van der Waals surface area (Å²) in [6, 6.07) is 17.7. The second-order valence-corrected chi connectivity index (χ2v) is 8.41. The molecule has 7 heteroatoms. The van der Waals surface area contributed by atoms with Crippen LogP contribution in [0.3, 0.4) is 0 Å². The summed E-state index contributed by atoms with van der Waals surface area (Å²) in [7, 11) is 0. The summed E-state index contributed by atoms with van der Waals surface area (Å²) in [4.78, 5) is 24.4. The van der Waals surface area contributed by atoms with Gasteiger partial charge in [0.25, 0.3) is 5.56 Å². The van der Waals surface area contributed by atoms with Gasteiger partial charge in [-0.3, -0.25) is 9.36 Å². The van der Waals surface area contributed by atoms with Gasteiger partial charge < -0.3 is 9.64 Å². The molecule has 0 radical (unpaired) electrons. The minimum absolute atomic E-state index is 0.000259. The van der Waals surface area contributed by atoms with Crippen LogP contribution in [-0.2, 0) is 17.8 Å². The number of aromatic nitrogens is 3. The number of nitrogens with one attached hydrogen (secondary N) is 1. The lowest BCUT2D eigenvalue weighted by atomic mass is 10.2. The van der Waals surface area contributed by atoms with Gasteiger partial charge in [-0.25, -0.2) is 9.97 Å². The van der Waals surface area contributed by atoms with Crippen LogP contribution in [-0.4, -0.2) is 40.8 Å². The first kappa shape index (κ1) is 19.1. The molecule has 1 aliphatic heterocycles. The monoisotopic (exact) mass is 419 g/mol. The average Bonchev–Trinajstić information content (AvgIpc) is 3.26. The summed E-state index contributed by atoms with van der Waals surface area (Å²) in [5, 5.41) is 3.61. The molecule has 2 aromatic carbocycles. The van der Waals surface area contributed by atoms with Crippen molar-refractivity contribution >= 4 is 22.2 Å². The van der Waals surface area contributed by atoms with Gasteiger partial charge >= 0.3 is 0 Å². The molecule has 0 amide bonds. The SMILES string of the molecule is O=c1c2ccccc2nc(C[NH+]2CCOCC2)n1Cc1nc(-c2ccccc2)cs1. The van der Waals surface area contributed by atoms with Crippen LogP contribution in [0.15, 0.2) is 64.8 Å². The molecule has 1 fully saturated rings. The number of thiazole rings is 1. The Morgan fingerprint density at radius 1 is 1.00 bits per heavy atom. The molecule has 0 unspecified atom stereocenters. The molecule has 3 heterocycles. The van der Waals surface area contributed by atoms with E-state index in [1.165, 1.54) is 4.90 Å². The maximum Gasteiger partial charge on any atom is 0.261 e. The normalized spacial score (nSPS) is 14.9. The van der Waals surface area contributed by atoms with E-state index in [0.29, 0.717) is 18.5 Å². The van der Waals surface area contributed by atoms with Crippen LogP contribution in [0.5, 0.6) is 0 Å². The Hall–Kier alpha value is -2.87. The summed E-state index contributed by atoms with van der Waals surface area (Å²) in [6.07, 6.45) is 0. The molecule has 5 rings (SSSR count). The molecule has 1 aliphatic rings. The van der Waals surface area contributed by atoms with Crippen molar-refractivity contribution in [3.05, 3.63) is 81.2 Å². The largest absolute Gasteiger partial charge is 0.370 e. The number of morpholine rings is 1. The van der Waals surface area contributed by atoms with Gasteiger partial charge in [0.2, 0.25) is 0 Å². The van der Waals surface area contributed by atoms with Crippen molar-refractivity contribution in [2.75, 3.05) is 26.3 Å². The molecule has 1 saturated heterocycles. The first-order valence-corrected chi connectivity index (χ1v) is 11.1. The molecule has 30 heavy (non-hydrogen) atoms. The molecule has 2 aromatic heterocycles. The highest BCUT2D eigenvalue weighted by molar-refractivity contribution is 7.09. The molecule has 0 bridgehead atoms. The second-order valence-electron chi connectivity index (χ2n) is 7.47. The molecular formula is C23H23N4O2S+. The fraction of sp³-hybridized carbons (Fsp3) is 0.261. The molecule has 4 aromatic rings. The summed E-state index contributed by atoms with van der Waals surface area (Å²) >= 11 is 1.58. The highest BCUT2D eigenvalue weighted by Gasteiger charge is 2.20. The lowest BCUT2D eigenvalue weighted by Crippen LogP contribution is -3.13. The van der Waals surface area contributed by atoms with Gasteiger partial charge in [0.1, 0.15) is 24.6 Å². The van der Waals surface area contributed by atoms with E-state index in [-0.39, 0.29) is 5.56 Å². The minimum atomic E-state index is -0.000259.